The van der Waals surface area contributed by atoms with Crippen LogP contribution in [-0.4, -0.2) is 29.8 Å². The Morgan fingerprint density at radius 3 is 2.62 bits per heavy atom. The quantitative estimate of drug-likeness (QED) is 0.779. The van der Waals surface area contributed by atoms with E-state index in [4.69, 9.17) is 32.5 Å². The first-order valence-corrected chi connectivity index (χ1v) is 9.75. The summed E-state index contributed by atoms with van der Waals surface area (Å²) in [6, 6.07) is 5.67. The lowest BCUT2D eigenvalue weighted by Gasteiger charge is -2.22. The summed E-state index contributed by atoms with van der Waals surface area (Å²) in [5, 5.41) is 8.46. The molecule has 26 heavy (non-hydrogen) atoms. The summed E-state index contributed by atoms with van der Waals surface area (Å²) in [5.41, 5.74) is 1.29. The van der Waals surface area contributed by atoms with Crippen molar-refractivity contribution in [3.05, 3.63) is 39.6 Å². The third-order valence-corrected chi connectivity index (χ3v) is 6.26. The lowest BCUT2D eigenvalue weighted by atomic mass is 10.0. The van der Waals surface area contributed by atoms with Gasteiger partial charge in [-0.1, -0.05) is 34.4 Å². The Kier molecular flexibility index (Phi) is 3.99. The zero-order chi connectivity index (χ0) is 17.8. The maximum absolute atomic E-state index is 13.1. The molecule has 1 N–H and O–H groups in total. The van der Waals surface area contributed by atoms with Gasteiger partial charge in [0, 0.05) is 36.4 Å². The summed E-state index contributed by atoms with van der Waals surface area (Å²) in [7, 11) is 0. The minimum Gasteiger partial charge on any atom is -0.458 e. The topological polar surface area (TPSA) is 64.4 Å². The number of halogens is 2. The van der Waals surface area contributed by atoms with E-state index in [2.05, 4.69) is 10.5 Å². The minimum atomic E-state index is -0.378. The van der Waals surface area contributed by atoms with Crippen molar-refractivity contribution in [3.63, 3.8) is 0 Å². The normalized spacial score (nSPS) is 27.1. The van der Waals surface area contributed by atoms with Crippen LogP contribution in [0.2, 0.25) is 10.0 Å². The molecule has 3 atom stereocenters. The number of rotatable bonds is 4. The van der Waals surface area contributed by atoms with Crippen LogP contribution in [0.5, 0.6) is 0 Å². The number of piperidine rings is 1. The molecule has 0 radical (unpaired) electrons. The molecule has 7 heteroatoms. The molecule has 2 aliphatic carbocycles. The van der Waals surface area contributed by atoms with Crippen LogP contribution in [0.3, 0.4) is 0 Å². The van der Waals surface area contributed by atoms with E-state index in [0.717, 1.165) is 32.2 Å². The molecule has 2 bridgehead atoms. The highest BCUT2D eigenvalue weighted by Crippen LogP contribution is 2.46. The largest absolute Gasteiger partial charge is 0.458 e. The second-order valence-electron chi connectivity index (χ2n) is 7.42. The Labute approximate surface area is 161 Å². The second-order valence-corrected chi connectivity index (χ2v) is 8.24. The maximum Gasteiger partial charge on any atom is 0.344 e. The van der Waals surface area contributed by atoms with Crippen molar-refractivity contribution >= 4 is 29.2 Å². The lowest BCUT2D eigenvalue weighted by Crippen LogP contribution is -2.35. The predicted octanol–water partition coefficient (Wildman–Crippen LogP) is 4.43. The van der Waals surface area contributed by atoms with E-state index in [1.165, 1.54) is 0 Å². The number of carbonyl (C=O) groups excluding carboxylic acids is 1. The van der Waals surface area contributed by atoms with Crippen LogP contribution < -0.4 is 5.32 Å². The van der Waals surface area contributed by atoms with Gasteiger partial charge in [-0.3, -0.25) is 0 Å². The number of hydrogen-bond donors (Lipinski definition) is 1. The van der Waals surface area contributed by atoms with Crippen LogP contribution in [0.25, 0.3) is 11.3 Å². The third-order valence-electron chi connectivity index (χ3n) is 5.63. The molecular formula is C19H18Cl2N2O3. The van der Waals surface area contributed by atoms with Gasteiger partial charge >= 0.3 is 5.97 Å². The summed E-state index contributed by atoms with van der Waals surface area (Å²) in [6.07, 6.45) is 3.86. The van der Waals surface area contributed by atoms with Crippen molar-refractivity contribution in [3.8, 4) is 11.3 Å². The number of esters is 1. The number of nitrogens with one attached hydrogen (secondary N) is 1. The molecule has 5 nitrogen and oxygen atoms in total. The van der Waals surface area contributed by atoms with E-state index in [1.54, 1.807) is 18.2 Å². The Hall–Kier alpha value is -1.56. The van der Waals surface area contributed by atoms with Gasteiger partial charge in [-0.25, -0.2) is 4.79 Å². The van der Waals surface area contributed by atoms with Crippen LogP contribution >= 0.6 is 23.2 Å². The molecule has 1 saturated heterocycles. The Morgan fingerprint density at radius 1 is 1.23 bits per heavy atom. The van der Waals surface area contributed by atoms with Crippen LogP contribution in [0, 0.1) is 5.92 Å². The van der Waals surface area contributed by atoms with Gasteiger partial charge in [0.2, 0.25) is 0 Å². The van der Waals surface area contributed by atoms with Crippen LogP contribution in [0.15, 0.2) is 22.7 Å². The van der Waals surface area contributed by atoms with Gasteiger partial charge < -0.3 is 14.6 Å². The highest BCUT2D eigenvalue weighted by Gasteiger charge is 2.43. The molecule has 1 aliphatic heterocycles. The van der Waals surface area contributed by atoms with Gasteiger partial charge in [-0.05, 0) is 31.4 Å². The number of hydrogen-bond acceptors (Lipinski definition) is 5. The first-order chi connectivity index (χ1) is 12.6. The van der Waals surface area contributed by atoms with E-state index < -0.39 is 0 Å². The Bertz CT molecular complexity index is 857. The number of benzene rings is 1. The fourth-order valence-corrected chi connectivity index (χ4v) is 4.72. The van der Waals surface area contributed by atoms with Crippen LogP contribution in [0.1, 0.15) is 47.7 Å². The average Bonchev–Trinajstić information content (AvgIpc) is 3.03. The molecular weight excluding hydrogens is 375 g/mol. The number of carbonyl (C=O) groups is 1. The summed E-state index contributed by atoms with van der Waals surface area (Å²) in [6.45, 7) is 0.908. The second kappa shape index (κ2) is 6.25. The SMILES string of the molecule is O=C(O[C@H]1C[C@@H]2C[C@H]1CN2)c1c(-c2c(Cl)cccc2Cl)noc1C1CC1. The Balaban J connectivity index is 1.52. The summed E-state index contributed by atoms with van der Waals surface area (Å²) >= 11 is 12.7. The molecule has 1 aromatic heterocycles. The lowest BCUT2D eigenvalue weighted by molar-refractivity contribution is 0.0177. The number of ether oxygens (including phenoxy) is 1. The first kappa shape index (κ1) is 16.6. The summed E-state index contributed by atoms with van der Waals surface area (Å²) in [5.74, 6) is 0.834. The minimum absolute atomic E-state index is 0.0507. The van der Waals surface area contributed by atoms with Crippen molar-refractivity contribution in [2.24, 2.45) is 5.92 Å². The van der Waals surface area contributed by atoms with Gasteiger partial charge in [-0.2, -0.15) is 0 Å². The average molecular weight is 393 g/mol. The monoisotopic (exact) mass is 392 g/mol. The molecule has 2 aromatic rings. The van der Waals surface area contributed by atoms with Crippen LogP contribution in [0.4, 0.5) is 0 Å². The summed E-state index contributed by atoms with van der Waals surface area (Å²) < 4.78 is 11.4. The number of aromatic nitrogens is 1. The molecule has 3 fully saturated rings. The zero-order valence-electron chi connectivity index (χ0n) is 14.0. The fourth-order valence-electron chi connectivity index (χ4n) is 4.15. The molecule has 2 saturated carbocycles. The van der Waals surface area contributed by atoms with E-state index in [1.807, 2.05) is 0 Å². The molecule has 5 rings (SSSR count). The third kappa shape index (κ3) is 2.73. The van der Waals surface area contributed by atoms with Crippen molar-refractivity contribution < 1.29 is 14.1 Å². The maximum atomic E-state index is 13.1. The van der Waals surface area contributed by atoms with Gasteiger partial charge in [0.25, 0.3) is 0 Å². The zero-order valence-corrected chi connectivity index (χ0v) is 15.5. The molecule has 2 heterocycles. The molecule has 0 spiro atoms. The van der Waals surface area contributed by atoms with E-state index in [0.29, 0.717) is 44.6 Å². The number of nitrogens with zero attached hydrogens (tertiary/aromatic N) is 1. The van der Waals surface area contributed by atoms with Gasteiger partial charge in [0.1, 0.15) is 17.4 Å². The molecule has 0 unspecified atom stereocenters. The summed E-state index contributed by atoms with van der Waals surface area (Å²) in [4.78, 5) is 13.1. The van der Waals surface area contributed by atoms with Crippen molar-refractivity contribution in [2.75, 3.05) is 6.54 Å². The molecule has 1 aromatic carbocycles. The van der Waals surface area contributed by atoms with Gasteiger partial charge in [0.05, 0.1) is 10.0 Å². The highest BCUT2D eigenvalue weighted by molar-refractivity contribution is 6.39. The van der Waals surface area contributed by atoms with E-state index in [9.17, 15) is 4.79 Å². The predicted molar refractivity (Wildman–Crippen MR) is 97.7 cm³/mol. The Morgan fingerprint density at radius 2 is 2.00 bits per heavy atom. The van der Waals surface area contributed by atoms with Crippen molar-refractivity contribution in [1.82, 2.24) is 10.5 Å². The van der Waals surface area contributed by atoms with E-state index in [-0.39, 0.29) is 18.0 Å². The molecule has 0 amide bonds. The van der Waals surface area contributed by atoms with Crippen molar-refractivity contribution in [2.45, 2.75) is 43.7 Å². The molecule has 3 aliphatic rings. The molecule has 136 valence electrons. The smallest absolute Gasteiger partial charge is 0.344 e. The number of fused-ring (bicyclic) bond motifs is 2. The van der Waals surface area contributed by atoms with Crippen molar-refractivity contribution in [1.29, 1.82) is 0 Å². The van der Waals surface area contributed by atoms with Gasteiger partial charge in [0.15, 0.2) is 5.76 Å². The highest BCUT2D eigenvalue weighted by atomic mass is 35.5. The van der Waals surface area contributed by atoms with Crippen LogP contribution in [-0.2, 0) is 4.74 Å². The fraction of sp³-hybridized carbons (Fsp3) is 0.474. The first-order valence-electron chi connectivity index (χ1n) is 9.00. The van der Waals surface area contributed by atoms with Gasteiger partial charge in [-0.15, -0.1) is 0 Å². The van der Waals surface area contributed by atoms with E-state index >= 15 is 0 Å². The standard InChI is InChI=1S/C19H18Cl2N2O3/c20-12-2-1-3-13(21)15(12)17-16(18(26-23-17)9-4-5-9)19(24)25-14-7-11-6-10(14)8-22-11/h1-3,9-11,14,22H,4-8H2/t10-,11-,14-/m0/s1.